The fourth-order valence-corrected chi connectivity index (χ4v) is 10.5. The summed E-state index contributed by atoms with van der Waals surface area (Å²) in [5, 5.41) is 10.9. The van der Waals surface area contributed by atoms with Crippen LogP contribution in [0.3, 0.4) is 0 Å². The van der Waals surface area contributed by atoms with E-state index in [1.807, 2.05) is 11.1 Å². The Balaban J connectivity index is 1.59. The first kappa shape index (κ1) is 22.5. The molecule has 0 radical (unpaired) electrons. The first-order chi connectivity index (χ1) is 14.2. The first-order valence-electron chi connectivity index (χ1n) is 13.6. The molecule has 5 aliphatic rings. The molecule has 0 aromatic rings. The zero-order valence-electron chi connectivity index (χ0n) is 22.0. The van der Waals surface area contributed by atoms with Crippen LogP contribution in [0.15, 0.2) is 11.1 Å². The zero-order chi connectivity index (χ0) is 22.7. The molecule has 0 saturated heterocycles. The minimum Gasteiger partial charge on any atom is -0.393 e. The van der Waals surface area contributed by atoms with Crippen LogP contribution in [0.2, 0.25) is 0 Å². The van der Waals surface area contributed by atoms with E-state index in [0.29, 0.717) is 33.0 Å². The van der Waals surface area contributed by atoms with Crippen LogP contribution in [0.4, 0.5) is 0 Å². The van der Waals surface area contributed by atoms with Crippen molar-refractivity contribution in [2.75, 3.05) is 0 Å². The molecule has 5 aliphatic carbocycles. The van der Waals surface area contributed by atoms with Crippen LogP contribution >= 0.6 is 0 Å². The molecule has 1 nitrogen and oxygen atoms in total. The number of rotatable bonds is 0. The summed E-state index contributed by atoms with van der Waals surface area (Å²) in [6.07, 6.45) is 14.5. The molecule has 1 unspecified atom stereocenters. The molecular weight excluding hydrogens is 376 g/mol. The van der Waals surface area contributed by atoms with Crippen LogP contribution < -0.4 is 0 Å². The molecule has 0 heterocycles. The van der Waals surface area contributed by atoms with E-state index in [0.717, 1.165) is 12.3 Å². The molecule has 1 N–H and O–H groups in total. The lowest BCUT2D eigenvalue weighted by Crippen LogP contribution is -2.64. The lowest BCUT2D eigenvalue weighted by molar-refractivity contribution is -0.204. The van der Waals surface area contributed by atoms with Crippen molar-refractivity contribution in [2.24, 2.45) is 44.3 Å². The third-order valence-corrected chi connectivity index (χ3v) is 12.9. The van der Waals surface area contributed by atoms with E-state index in [2.05, 4.69) is 55.4 Å². The van der Waals surface area contributed by atoms with Gasteiger partial charge >= 0.3 is 0 Å². The molecule has 0 bridgehead atoms. The Labute approximate surface area is 192 Å². The van der Waals surface area contributed by atoms with E-state index in [1.54, 1.807) is 0 Å². The molecule has 0 aromatic carbocycles. The quantitative estimate of drug-likeness (QED) is 0.386. The highest BCUT2D eigenvalue weighted by Crippen LogP contribution is 2.75. The summed E-state index contributed by atoms with van der Waals surface area (Å²) in [7, 11) is 0. The summed E-state index contributed by atoms with van der Waals surface area (Å²) in [4.78, 5) is 0. The van der Waals surface area contributed by atoms with Crippen molar-refractivity contribution in [1.29, 1.82) is 0 Å². The van der Waals surface area contributed by atoms with Gasteiger partial charge in [-0.05, 0) is 115 Å². The van der Waals surface area contributed by atoms with Gasteiger partial charge in [0.25, 0.3) is 0 Å². The van der Waals surface area contributed by atoms with Crippen molar-refractivity contribution in [3.8, 4) is 0 Å². The molecule has 4 saturated carbocycles. The van der Waals surface area contributed by atoms with Gasteiger partial charge in [0.05, 0.1) is 6.10 Å². The Morgan fingerprint density at radius 3 is 2.06 bits per heavy atom. The first-order valence-corrected chi connectivity index (χ1v) is 13.6. The fraction of sp³-hybridized carbons (Fsp3) is 0.933. The maximum absolute atomic E-state index is 10.9. The maximum atomic E-state index is 10.9. The molecule has 31 heavy (non-hydrogen) atoms. The predicted molar refractivity (Wildman–Crippen MR) is 131 cm³/mol. The lowest BCUT2D eigenvalue weighted by Gasteiger charge is -2.71. The third kappa shape index (κ3) is 2.77. The zero-order valence-corrected chi connectivity index (χ0v) is 22.0. The van der Waals surface area contributed by atoms with Crippen molar-refractivity contribution in [3.63, 3.8) is 0 Å². The van der Waals surface area contributed by atoms with Crippen LogP contribution in [0.1, 0.15) is 126 Å². The molecule has 1 heteroatoms. The van der Waals surface area contributed by atoms with Crippen molar-refractivity contribution in [2.45, 2.75) is 132 Å². The fourth-order valence-electron chi connectivity index (χ4n) is 10.5. The normalized spacial score (nSPS) is 53.1. The number of fused-ring (bicyclic) bond motifs is 6. The van der Waals surface area contributed by atoms with Gasteiger partial charge in [-0.2, -0.15) is 0 Å². The van der Waals surface area contributed by atoms with E-state index < -0.39 is 0 Å². The molecule has 5 rings (SSSR count). The molecule has 0 aromatic heterocycles. The second-order valence-electron chi connectivity index (χ2n) is 15.2. The van der Waals surface area contributed by atoms with E-state index >= 15 is 0 Å². The van der Waals surface area contributed by atoms with Crippen molar-refractivity contribution < 1.29 is 5.11 Å². The van der Waals surface area contributed by atoms with Crippen LogP contribution in [0.5, 0.6) is 0 Å². The standard InChI is InChI=1S/C30H50O/c1-25(2)15-16-27(5)17-18-29(7)20(21(27)19-25)9-10-23-28(6)13-12-24(31)26(3,4)22(28)11-14-30(23,29)8/h22-24,31H,9-19H2,1-8H3/t22-,23+,24?,27-,28+,29-,30-/m1/s1. The monoisotopic (exact) mass is 426 g/mol. The third-order valence-electron chi connectivity index (χ3n) is 12.9. The molecule has 176 valence electrons. The predicted octanol–water partition coefficient (Wildman–Crippen LogP) is 8.31. The lowest BCUT2D eigenvalue weighted by atomic mass is 9.34. The Bertz CT molecular complexity index is 803. The van der Waals surface area contributed by atoms with E-state index in [9.17, 15) is 5.11 Å². The largest absolute Gasteiger partial charge is 0.393 e. The minimum atomic E-state index is -0.119. The van der Waals surface area contributed by atoms with Gasteiger partial charge in [-0.3, -0.25) is 0 Å². The summed E-state index contributed by atoms with van der Waals surface area (Å²) in [6, 6.07) is 0. The van der Waals surface area contributed by atoms with Crippen molar-refractivity contribution in [1.82, 2.24) is 0 Å². The second kappa shape index (κ2) is 6.43. The van der Waals surface area contributed by atoms with E-state index in [1.165, 1.54) is 64.2 Å². The average Bonchev–Trinajstić information content (AvgIpc) is 2.67. The topological polar surface area (TPSA) is 20.2 Å². The van der Waals surface area contributed by atoms with Crippen molar-refractivity contribution >= 4 is 0 Å². The summed E-state index contributed by atoms with van der Waals surface area (Å²) < 4.78 is 0. The van der Waals surface area contributed by atoms with Crippen LogP contribution in [0, 0.1) is 44.3 Å². The number of hydrogen-bond donors (Lipinski definition) is 1. The van der Waals surface area contributed by atoms with E-state index in [4.69, 9.17) is 0 Å². The number of aliphatic hydroxyl groups is 1. The molecular formula is C30H50O. The minimum absolute atomic E-state index is 0.0620. The molecule has 4 fully saturated rings. The highest BCUT2D eigenvalue weighted by atomic mass is 16.3. The summed E-state index contributed by atoms with van der Waals surface area (Å²) >= 11 is 0. The molecule has 0 aliphatic heterocycles. The molecule has 7 atom stereocenters. The summed E-state index contributed by atoms with van der Waals surface area (Å²) in [5.74, 6) is 1.47. The van der Waals surface area contributed by atoms with Gasteiger partial charge in [-0.25, -0.2) is 0 Å². The van der Waals surface area contributed by atoms with Crippen LogP contribution in [-0.4, -0.2) is 11.2 Å². The van der Waals surface area contributed by atoms with Crippen LogP contribution in [0.25, 0.3) is 0 Å². The van der Waals surface area contributed by atoms with E-state index in [-0.39, 0.29) is 11.5 Å². The highest BCUT2D eigenvalue weighted by molar-refractivity contribution is 5.38. The van der Waals surface area contributed by atoms with Gasteiger partial charge in [0.1, 0.15) is 0 Å². The Kier molecular flexibility index (Phi) is 4.66. The Hall–Kier alpha value is -0.300. The van der Waals surface area contributed by atoms with Gasteiger partial charge in [-0.1, -0.05) is 66.5 Å². The van der Waals surface area contributed by atoms with Gasteiger partial charge in [0.2, 0.25) is 0 Å². The maximum Gasteiger partial charge on any atom is 0.0594 e. The summed E-state index contributed by atoms with van der Waals surface area (Å²) in [6.45, 7) is 20.4. The summed E-state index contributed by atoms with van der Waals surface area (Å²) in [5.41, 5.74) is 6.03. The van der Waals surface area contributed by atoms with Gasteiger partial charge in [0.15, 0.2) is 0 Å². The molecule has 0 amide bonds. The highest BCUT2D eigenvalue weighted by Gasteiger charge is 2.67. The van der Waals surface area contributed by atoms with Gasteiger partial charge in [-0.15, -0.1) is 0 Å². The smallest absolute Gasteiger partial charge is 0.0594 e. The van der Waals surface area contributed by atoms with Crippen molar-refractivity contribution in [3.05, 3.63) is 11.1 Å². The second-order valence-corrected chi connectivity index (χ2v) is 15.2. The number of allylic oxidation sites excluding steroid dienone is 2. The Morgan fingerprint density at radius 1 is 0.677 bits per heavy atom. The number of hydrogen-bond acceptors (Lipinski definition) is 1. The average molecular weight is 427 g/mol. The Morgan fingerprint density at radius 2 is 1.35 bits per heavy atom. The van der Waals surface area contributed by atoms with Gasteiger partial charge < -0.3 is 5.11 Å². The van der Waals surface area contributed by atoms with Crippen LogP contribution in [-0.2, 0) is 0 Å². The van der Waals surface area contributed by atoms with Gasteiger partial charge in [0, 0.05) is 0 Å². The molecule has 0 spiro atoms. The SMILES string of the molecule is CC1(C)CC[C@]2(C)CC[C@]3(C)C(=C2C1)CC[C@H]1[C@@]2(C)CCC(O)C(C)(C)[C@H]2CC[C@]13C. The number of aliphatic hydroxyl groups excluding tert-OH is 1.